The second-order valence-corrected chi connectivity index (χ2v) is 5.16. The van der Waals surface area contributed by atoms with Gasteiger partial charge in [0, 0.05) is 6.54 Å². The summed E-state index contributed by atoms with van der Waals surface area (Å²) >= 11 is 0. The highest BCUT2D eigenvalue weighted by Crippen LogP contribution is 2.28. The summed E-state index contributed by atoms with van der Waals surface area (Å²) in [5, 5.41) is 14.2. The Balaban J connectivity index is 1.92. The standard InChI is InChI=1S/C14H16F2N2O3/c15-9-4-3-5-10(16)11(9)18-13(20)12(19)17-8-14(21)6-1-2-7-14/h3-5,21H,1-2,6-8H2,(H,17,19)(H,18,20). The molecule has 2 amide bonds. The first-order chi connectivity index (χ1) is 9.91. The molecule has 1 saturated carbocycles. The quantitative estimate of drug-likeness (QED) is 0.737. The molecule has 5 nitrogen and oxygen atoms in total. The monoisotopic (exact) mass is 298 g/mol. The molecule has 1 fully saturated rings. The SMILES string of the molecule is O=C(NCC1(O)CCCC1)C(=O)Nc1c(F)cccc1F. The van der Waals surface area contributed by atoms with Gasteiger partial charge in [-0.25, -0.2) is 8.78 Å². The minimum atomic E-state index is -1.18. The molecule has 0 spiro atoms. The van der Waals surface area contributed by atoms with E-state index in [1.807, 2.05) is 5.32 Å². The molecule has 0 radical (unpaired) electrons. The summed E-state index contributed by atoms with van der Waals surface area (Å²) in [6, 6.07) is 3.09. The van der Waals surface area contributed by atoms with E-state index in [2.05, 4.69) is 5.32 Å². The molecule has 2 rings (SSSR count). The lowest BCUT2D eigenvalue weighted by Gasteiger charge is -2.22. The van der Waals surface area contributed by atoms with E-state index >= 15 is 0 Å². The van der Waals surface area contributed by atoms with Crippen LogP contribution in [0.3, 0.4) is 0 Å². The van der Waals surface area contributed by atoms with Crippen molar-refractivity contribution < 1.29 is 23.5 Å². The summed E-state index contributed by atoms with van der Waals surface area (Å²) in [6.07, 6.45) is 2.83. The molecular weight excluding hydrogens is 282 g/mol. The van der Waals surface area contributed by atoms with Gasteiger partial charge in [-0.3, -0.25) is 9.59 Å². The number of carbonyl (C=O) groups is 2. The molecule has 0 heterocycles. The third kappa shape index (κ3) is 3.75. The zero-order chi connectivity index (χ0) is 15.5. The summed E-state index contributed by atoms with van der Waals surface area (Å²) < 4.78 is 26.7. The van der Waals surface area contributed by atoms with Crippen molar-refractivity contribution in [3.05, 3.63) is 29.8 Å². The predicted octanol–water partition coefficient (Wildman–Crippen LogP) is 1.32. The van der Waals surface area contributed by atoms with E-state index < -0.39 is 34.7 Å². The van der Waals surface area contributed by atoms with E-state index in [0.717, 1.165) is 31.0 Å². The largest absolute Gasteiger partial charge is 0.388 e. The van der Waals surface area contributed by atoms with Gasteiger partial charge in [0.2, 0.25) is 0 Å². The third-order valence-electron chi connectivity index (χ3n) is 3.52. The van der Waals surface area contributed by atoms with Gasteiger partial charge in [-0.1, -0.05) is 18.9 Å². The van der Waals surface area contributed by atoms with Crippen molar-refractivity contribution in [2.75, 3.05) is 11.9 Å². The average molecular weight is 298 g/mol. The Hall–Kier alpha value is -2.02. The second kappa shape index (κ2) is 6.17. The van der Waals surface area contributed by atoms with Gasteiger partial charge in [-0.15, -0.1) is 0 Å². The summed E-state index contributed by atoms with van der Waals surface area (Å²) in [7, 11) is 0. The first-order valence-electron chi connectivity index (χ1n) is 6.67. The number of rotatable bonds is 3. The Morgan fingerprint density at radius 3 is 2.29 bits per heavy atom. The van der Waals surface area contributed by atoms with Gasteiger partial charge in [0.25, 0.3) is 0 Å². The fourth-order valence-corrected chi connectivity index (χ4v) is 2.32. The van der Waals surface area contributed by atoms with Crippen LogP contribution in [0, 0.1) is 11.6 Å². The van der Waals surface area contributed by atoms with Crippen LogP contribution in [-0.4, -0.2) is 29.1 Å². The molecule has 0 aromatic heterocycles. The Bertz CT molecular complexity index is 537. The summed E-state index contributed by atoms with van der Waals surface area (Å²) in [5.74, 6) is -4.16. The van der Waals surface area contributed by atoms with Gasteiger partial charge in [0.05, 0.1) is 5.60 Å². The topological polar surface area (TPSA) is 78.4 Å². The van der Waals surface area contributed by atoms with Crippen molar-refractivity contribution in [2.24, 2.45) is 0 Å². The van der Waals surface area contributed by atoms with Gasteiger partial charge in [0.15, 0.2) is 0 Å². The van der Waals surface area contributed by atoms with Crippen LogP contribution in [0.1, 0.15) is 25.7 Å². The van der Waals surface area contributed by atoms with Crippen LogP contribution >= 0.6 is 0 Å². The van der Waals surface area contributed by atoms with Crippen molar-refractivity contribution in [3.63, 3.8) is 0 Å². The van der Waals surface area contributed by atoms with E-state index in [4.69, 9.17) is 0 Å². The highest BCUT2D eigenvalue weighted by Gasteiger charge is 2.32. The molecule has 1 aliphatic carbocycles. The summed E-state index contributed by atoms with van der Waals surface area (Å²) in [5.41, 5.74) is -1.67. The maximum atomic E-state index is 13.3. The fraction of sp³-hybridized carbons (Fsp3) is 0.429. The minimum absolute atomic E-state index is 0.0565. The number of para-hydroxylation sites is 1. The Morgan fingerprint density at radius 1 is 1.14 bits per heavy atom. The number of halogens is 2. The van der Waals surface area contributed by atoms with E-state index in [-0.39, 0.29) is 6.54 Å². The molecule has 0 bridgehead atoms. The third-order valence-corrected chi connectivity index (χ3v) is 3.52. The molecule has 0 saturated heterocycles. The van der Waals surface area contributed by atoms with Gasteiger partial charge in [-0.2, -0.15) is 0 Å². The lowest BCUT2D eigenvalue weighted by molar-refractivity contribution is -0.136. The van der Waals surface area contributed by atoms with Crippen LogP contribution in [0.5, 0.6) is 0 Å². The molecule has 114 valence electrons. The molecule has 7 heteroatoms. The first kappa shape index (κ1) is 15.4. The Labute approximate surface area is 120 Å². The van der Waals surface area contributed by atoms with Crippen LogP contribution < -0.4 is 10.6 Å². The van der Waals surface area contributed by atoms with Crippen LogP contribution in [-0.2, 0) is 9.59 Å². The van der Waals surface area contributed by atoms with Crippen molar-refractivity contribution >= 4 is 17.5 Å². The van der Waals surface area contributed by atoms with Gasteiger partial charge in [-0.05, 0) is 25.0 Å². The molecule has 0 unspecified atom stereocenters. The number of hydrogen-bond acceptors (Lipinski definition) is 3. The Kier molecular flexibility index (Phi) is 4.52. The number of hydrogen-bond donors (Lipinski definition) is 3. The molecule has 0 aliphatic heterocycles. The fourth-order valence-electron chi connectivity index (χ4n) is 2.32. The second-order valence-electron chi connectivity index (χ2n) is 5.16. The molecule has 3 N–H and O–H groups in total. The van der Waals surface area contributed by atoms with E-state index in [9.17, 15) is 23.5 Å². The predicted molar refractivity (Wildman–Crippen MR) is 71.4 cm³/mol. The summed E-state index contributed by atoms with van der Waals surface area (Å²) in [6.45, 7) is -0.0565. The maximum Gasteiger partial charge on any atom is 0.313 e. The number of nitrogens with one attached hydrogen (secondary N) is 2. The van der Waals surface area contributed by atoms with Gasteiger partial charge >= 0.3 is 11.8 Å². The zero-order valence-corrected chi connectivity index (χ0v) is 11.3. The van der Waals surface area contributed by atoms with Gasteiger partial charge < -0.3 is 15.7 Å². The van der Waals surface area contributed by atoms with Crippen molar-refractivity contribution in [3.8, 4) is 0 Å². The average Bonchev–Trinajstić information content (AvgIpc) is 2.87. The zero-order valence-electron chi connectivity index (χ0n) is 11.3. The molecule has 1 aliphatic rings. The molecule has 0 atom stereocenters. The number of benzene rings is 1. The van der Waals surface area contributed by atoms with Gasteiger partial charge in [0.1, 0.15) is 17.3 Å². The number of amides is 2. The molecular formula is C14H16F2N2O3. The van der Waals surface area contributed by atoms with Crippen molar-refractivity contribution in [2.45, 2.75) is 31.3 Å². The smallest absolute Gasteiger partial charge is 0.313 e. The Morgan fingerprint density at radius 2 is 1.71 bits per heavy atom. The summed E-state index contributed by atoms with van der Waals surface area (Å²) in [4.78, 5) is 23.2. The minimum Gasteiger partial charge on any atom is -0.388 e. The molecule has 21 heavy (non-hydrogen) atoms. The van der Waals surface area contributed by atoms with E-state index in [0.29, 0.717) is 12.8 Å². The lowest BCUT2D eigenvalue weighted by Crippen LogP contribution is -2.44. The number of anilines is 1. The van der Waals surface area contributed by atoms with Crippen LogP contribution in [0.15, 0.2) is 18.2 Å². The van der Waals surface area contributed by atoms with Crippen LogP contribution in [0.25, 0.3) is 0 Å². The maximum absolute atomic E-state index is 13.3. The molecule has 1 aromatic carbocycles. The van der Waals surface area contributed by atoms with E-state index in [1.54, 1.807) is 0 Å². The van der Waals surface area contributed by atoms with E-state index in [1.165, 1.54) is 0 Å². The molecule has 1 aromatic rings. The van der Waals surface area contributed by atoms with Crippen molar-refractivity contribution in [1.29, 1.82) is 0 Å². The van der Waals surface area contributed by atoms with Crippen LogP contribution in [0.2, 0.25) is 0 Å². The first-order valence-corrected chi connectivity index (χ1v) is 6.67. The van der Waals surface area contributed by atoms with Crippen LogP contribution in [0.4, 0.5) is 14.5 Å². The normalized spacial score (nSPS) is 16.5. The lowest BCUT2D eigenvalue weighted by atomic mass is 10.0. The number of carbonyl (C=O) groups excluding carboxylic acids is 2. The highest BCUT2D eigenvalue weighted by atomic mass is 19.1. The van der Waals surface area contributed by atoms with Crippen molar-refractivity contribution in [1.82, 2.24) is 5.32 Å². The number of aliphatic hydroxyl groups is 1. The highest BCUT2D eigenvalue weighted by molar-refractivity contribution is 6.39.